The molecule has 2 nitrogen and oxygen atoms in total. The molecule has 0 atom stereocenters. The van der Waals surface area contributed by atoms with Crippen LogP contribution in [0.5, 0.6) is 0 Å². The van der Waals surface area contributed by atoms with Crippen molar-refractivity contribution in [1.82, 2.24) is 0 Å². The Kier molecular flexibility index (Phi) is 3.28. The first-order valence-corrected chi connectivity index (χ1v) is 5.02. The Bertz CT molecular complexity index is 356. The predicted molar refractivity (Wildman–Crippen MR) is 58.5 cm³/mol. The third kappa shape index (κ3) is 1.79. The molecule has 0 saturated heterocycles. The van der Waals surface area contributed by atoms with Crippen LogP contribution in [0.2, 0.25) is 0 Å². The molecular weight excluding hydrogens is 174 g/mol. The van der Waals surface area contributed by atoms with E-state index < -0.39 is 0 Å². The van der Waals surface area contributed by atoms with Crippen molar-refractivity contribution in [1.29, 1.82) is 0 Å². The number of primary amides is 1. The van der Waals surface area contributed by atoms with Crippen LogP contribution in [-0.4, -0.2) is 5.91 Å². The van der Waals surface area contributed by atoms with Gasteiger partial charge in [-0.05, 0) is 36.5 Å². The summed E-state index contributed by atoms with van der Waals surface area (Å²) in [6.07, 6.45) is 1.81. The Morgan fingerprint density at radius 3 is 2.36 bits per heavy atom. The summed E-state index contributed by atoms with van der Waals surface area (Å²) in [7, 11) is 0. The minimum absolute atomic E-state index is 0.311. The van der Waals surface area contributed by atoms with E-state index in [-0.39, 0.29) is 5.91 Å². The number of carbonyl (C=O) groups excluding carboxylic acids is 1. The molecule has 0 bridgehead atoms. The van der Waals surface area contributed by atoms with Crippen LogP contribution in [0.25, 0.3) is 0 Å². The zero-order chi connectivity index (χ0) is 10.7. The first kappa shape index (κ1) is 10.8. The number of nitrogens with two attached hydrogens (primary N) is 1. The molecule has 0 fully saturated rings. The van der Waals surface area contributed by atoms with Gasteiger partial charge in [0.2, 0.25) is 5.91 Å². The summed E-state index contributed by atoms with van der Waals surface area (Å²) in [5.41, 5.74) is 9.41. The zero-order valence-corrected chi connectivity index (χ0v) is 9.05. The van der Waals surface area contributed by atoms with Crippen molar-refractivity contribution < 1.29 is 4.79 Å². The first-order chi connectivity index (χ1) is 6.61. The molecule has 0 aliphatic rings. The molecule has 1 aromatic rings. The molecule has 76 valence electrons. The maximum atomic E-state index is 11.3. The van der Waals surface area contributed by atoms with E-state index in [9.17, 15) is 4.79 Å². The lowest BCUT2D eigenvalue weighted by Gasteiger charge is -2.12. The largest absolute Gasteiger partial charge is 0.366 e. The number of aryl methyl sites for hydroxylation is 2. The average Bonchev–Trinajstić information content (AvgIpc) is 2.16. The van der Waals surface area contributed by atoms with Crippen molar-refractivity contribution in [2.45, 2.75) is 33.6 Å². The number of benzene rings is 1. The number of hydrogen-bond donors (Lipinski definition) is 1. The molecule has 0 heterocycles. The first-order valence-electron chi connectivity index (χ1n) is 5.02. The summed E-state index contributed by atoms with van der Waals surface area (Å²) in [5, 5.41) is 0. The van der Waals surface area contributed by atoms with Crippen LogP contribution in [0.3, 0.4) is 0 Å². The third-order valence-corrected chi connectivity index (χ3v) is 2.60. The van der Waals surface area contributed by atoms with Gasteiger partial charge in [0.1, 0.15) is 0 Å². The Labute approximate surface area is 85.1 Å². The van der Waals surface area contributed by atoms with E-state index in [1.807, 2.05) is 13.0 Å². The molecule has 2 N–H and O–H groups in total. The highest BCUT2D eigenvalue weighted by Gasteiger charge is 2.12. The minimum atomic E-state index is -0.311. The van der Waals surface area contributed by atoms with Crippen molar-refractivity contribution >= 4 is 5.91 Å². The third-order valence-electron chi connectivity index (χ3n) is 2.60. The van der Waals surface area contributed by atoms with Crippen molar-refractivity contribution in [3.8, 4) is 0 Å². The normalized spacial score (nSPS) is 10.2. The smallest absolute Gasteiger partial charge is 0.249 e. The molecule has 1 rings (SSSR count). The van der Waals surface area contributed by atoms with Gasteiger partial charge in [0.15, 0.2) is 0 Å². The Balaban J connectivity index is 3.42. The summed E-state index contributed by atoms with van der Waals surface area (Å²) in [5.74, 6) is -0.311. The predicted octanol–water partition coefficient (Wildman–Crippen LogP) is 2.22. The highest BCUT2D eigenvalue weighted by molar-refractivity contribution is 5.96. The van der Waals surface area contributed by atoms with E-state index in [0.717, 1.165) is 24.0 Å². The van der Waals surface area contributed by atoms with E-state index in [4.69, 9.17) is 5.73 Å². The Morgan fingerprint density at radius 1 is 1.29 bits per heavy atom. The average molecular weight is 191 g/mol. The monoisotopic (exact) mass is 191 g/mol. The van der Waals surface area contributed by atoms with Gasteiger partial charge < -0.3 is 5.73 Å². The minimum Gasteiger partial charge on any atom is -0.366 e. The van der Waals surface area contributed by atoms with Crippen molar-refractivity contribution in [3.05, 3.63) is 34.4 Å². The summed E-state index contributed by atoms with van der Waals surface area (Å²) in [4.78, 5) is 11.3. The fourth-order valence-corrected chi connectivity index (χ4v) is 1.89. The van der Waals surface area contributed by atoms with Gasteiger partial charge in [0, 0.05) is 5.56 Å². The molecule has 1 aromatic carbocycles. The van der Waals surface area contributed by atoms with E-state index in [2.05, 4.69) is 19.9 Å². The molecule has 0 radical (unpaired) electrons. The van der Waals surface area contributed by atoms with Crippen LogP contribution in [0.15, 0.2) is 12.1 Å². The van der Waals surface area contributed by atoms with Gasteiger partial charge >= 0.3 is 0 Å². The fourth-order valence-electron chi connectivity index (χ4n) is 1.89. The van der Waals surface area contributed by atoms with Crippen LogP contribution in [-0.2, 0) is 12.8 Å². The molecule has 0 unspecified atom stereocenters. The molecular formula is C12H17NO. The SMILES string of the molecule is CCc1ccc(C)c(C(N)=O)c1CC. The lowest BCUT2D eigenvalue weighted by molar-refractivity contribution is 0.0998. The van der Waals surface area contributed by atoms with Crippen LogP contribution in [0, 0.1) is 6.92 Å². The maximum Gasteiger partial charge on any atom is 0.249 e. The van der Waals surface area contributed by atoms with Crippen LogP contribution in [0.1, 0.15) is 40.9 Å². The quantitative estimate of drug-likeness (QED) is 0.782. The number of hydrogen-bond acceptors (Lipinski definition) is 1. The highest BCUT2D eigenvalue weighted by Crippen LogP contribution is 2.19. The second-order valence-corrected chi connectivity index (χ2v) is 3.47. The molecule has 0 saturated carbocycles. The molecule has 2 heteroatoms. The zero-order valence-electron chi connectivity index (χ0n) is 9.05. The van der Waals surface area contributed by atoms with E-state index in [1.54, 1.807) is 0 Å². The highest BCUT2D eigenvalue weighted by atomic mass is 16.1. The van der Waals surface area contributed by atoms with Crippen LogP contribution in [0.4, 0.5) is 0 Å². The lowest BCUT2D eigenvalue weighted by atomic mass is 9.93. The van der Waals surface area contributed by atoms with Gasteiger partial charge in [-0.25, -0.2) is 0 Å². The van der Waals surface area contributed by atoms with E-state index >= 15 is 0 Å². The Morgan fingerprint density at radius 2 is 1.93 bits per heavy atom. The second kappa shape index (κ2) is 4.27. The maximum absolute atomic E-state index is 11.3. The molecule has 0 spiro atoms. The van der Waals surface area contributed by atoms with E-state index in [0.29, 0.717) is 5.56 Å². The molecule has 14 heavy (non-hydrogen) atoms. The van der Waals surface area contributed by atoms with Gasteiger partial charge in [-0.2, -0.15) is 0 Å². The number of carbonyl (C=O) groups is 1. The standard InChI is InChI=1S/C12H17NO/c1-4-9-7-6-8(3)11(12(13)14)10(9)5-2/h6-7H,4-5H2,1-3H3,(H2,13,14). The summed E-state index contributed by atoms with van der Waals surface area (Å²) in [6, 6.07) is 4.05. The molecule has 0 aliphatic carbocycles. The van der Waals surface area contributed by atoms with Gasteiger partial charge in [-0.3, -0.25) is 4.79 Å². The number of rotatable bonds is 3. The Hall–Kier alpha value is -1.31. The molecule has 0 aliphatic heterocycles. The topological polar surface area (TPSA) is 43.1 Å². The van der Waals surface area contributed by atoms with Crippen molar-refractivity contribution in [2.75, 3.05) is 0 Å². The summed E-state index contributed by atoms with van der Waals surface area (Å²) >= 11 is 0. The second-order valence-electron chi connectivity index (χ2n) is 3.47. The van der Waals surface area contributed by atoms with Gasteiger partial charge in [-0.15, -0.1) is 0 Å². The van der Waals surface area contributed by atoms with E-state index in [1.165, 1.54) is 5.56 Å². The fraction of sp³-hybridized carbons (Fsp3) is 0.417. The van der Waals surface area contributed by atoms with Gasteiger partial charge in [-0.1, -0.05) is 26.0 Å². The summed E-state index contributed by atoms with van der Waals surface area (Å²) < 4.78 is 0. The van der Waals surface area contributed by atoms with Crippen molar-refractivity contribution in [3.63, 3.8) is 0 Å². The van der Waals surface area contributed by atoms with Gasteiger partial charge in [0.05, 0.1) is 0 Å². The van der Waals surface area contributed by atoms with Crippen LogP contribution >= 0.6 is 0 Å². The summed E-state index contributed by atoms with van der Waals surface area (Å²) in [6.45, 7) is 6.08. The van der Waals surface area contributed by atoms with Crippen molar-refractivity contribution in [2.24, 2.45) is 5.73 Å². The lowest BCUT2D eigenvalue weighted by Crippen LogP contribution is -2.16. The number of amides is 1. The van der Waals surface area contributed by atoms with Crippen LogP contribution < -0.4 is 5.73 Å². The molecule has 0 aromatic heterocycles. The molecule has 1 amide bonds. The van der Waals surface area contributed by atoms with Gasteiger partial charge in [0.25, 0.3) is 0 Å².